The van der Waals surface area contributed by atoms with Gasteiger partial charge in [0.25, 0.3) is 0 Å². The van der Waals surface area contributed by atoms with Crippen LogP contribution in [0, 0.1) is 11.3 Å². The van der Waals surface area contributed by atoms with Crippen molar-refractivity contribution in [2.24, 2.45) is 11.3 Å². The van der Waals surface area contributed by atoms with Crippen molar-refractivity contribution in [3.05, 3.63) is 0 Å². The quantitative estimate of drug-likeness (QED) is 0.591. The molecule has 0 heterocycles. The van der Waals surface area contributed by atoms with E-state index in [4.69, 9.17) is 0 Å². The fraction of sp³-hybridized carbons (Fsp3) is 1.00. The molecule has 0 amide bonds. The Hall–Kier alpha value is -0.0800. The molecule has 2 nitrogen and oxygen atoms in total. The smallest absolute Gasteiger partial charge is 0.00444 e. The summed E-state index contributed by atoms with van der Waals surface area (Å²) >= 11 is 0. The van der Waals surface area contributed by atoms with Crippen molar-refractivity contribution in [1.82, 2.24) is 10.2 Å². The first kappa shape index (κ1) is 16.9. The van der Waals surface area contributed by atoms with E-state index < -0.39 is 0 Å². The van der Waals surface area contributed by atoms with Gasteiger partial charge in [-0.1, -0.05) is 41.0 Å². The van der Waals surface area contributed by atoms with Crippen LogP contribution in [0.25, 0.3) is 0 Å². The topological polar surface area (TPSA) is 15.3 Å². The highest BCUT2D eigenvalue weighted by molar-refractivity contribution is 4.79. The first-order valence-electron chi connectivity index (χ1n) is 7.36. The Kier molecular flexibility index (Phi) is 8.89. The summed E-state index contributed by atoms with van der Waals surface area (Å²) in [4.78, 5) is 2.51. The number of nitrogens with zero attached hydrogens (tertiary/aromatic N) is 1. The molecule has 0 rings (SSSR count). The van der Waals surface area contributed by atoms with E-state index in [1.807, 2.05) is 0 Å². The summed E-state index contributed by atoms with van der Waals surface area (Å²) in [5.74, 6) is 0.810. The van der Waals surface area contributed by atoms with Gasteiger partial charge in [-0.2, -0.15) is 0 Å². The highest BCUT2D eigenvalue weighted by Gasteiger charge is 2.23. The van der Waals surface area contributed by atoms with Gasteiger partial charge in [-0.05, 0) is 37.8 Å². The Balaban J connectivity index is 4.07. The van der Waals surface area contributed by atoms with Crippen molar-refractivity contribution < 1.29 is 0 Å². The van der Waals surface area contributed by atoms with Crippen LogP contribution in [0.3, 0.4) is 0 Å². The van der Waals surface area contributed by atoms with Gasteiger partial charge in [-0.3, -0.25) is 0 Å². The average Bonchev–Trinajstić information content (AvgIpc) is 2.29. The summed E-state index contributed by atoms with van der Waals surface area (Å²) in [5.41, 5.74) is 0.414. The van der Waals surface area contributed by atoms with Crippen LogP contribution in [0.5, 0.6) is 0 Å². The zero-order valence-electron chi connectivity index (χ0n) is 13.0. The second-order valence-electron chi connectivity index (χ2n) is 6.05. The van der Waals surface area contributed by atoms with Crippen molar-refractivity contribution in [2.45, 2.75) is 53.9 Å². The number of rotatable bonds is 10. The van der Waals surface area contributed by atoms with Gasteiger partial charge in [-0.15, -0.1) is 0 Å². The molecule has 0 aromatic carbocycles. The van der Waals surface area contributed by atoms with Crippen LogP contribution >= 0.6 is 0 Å². The summed E-state index contributed by atoms with van der Waals surface area (Å²) in [6.07, 6.45) is 3.75. The van der Waals surface area contributed by atoms with E-state index in [-0.39, 0.29) is 0 Å². The zero-order chi connectivity index (χ0) is 13.3. The third kappa shape index (κ3) is 7.77. The molecule has 0 aliphatic rings. The van der Waals surface area contributed by atoms with E-state index in [1.54, 1.807) is 0 Å². The fourth-order valence-corrected chi connectivity index (χ4v) is 2.24. The lowest BCUT2D eigenvalue weighted by Gasteiger charge is -2.34. The standard InChI is InChI=1S/C15H34N2/c1-7-10-16-12-15(5,9-3)13-17(6)11-14(4)8-2/h14,16H,7-13H2,1-6H3. The number of nitrogens with one attached hydrogen (secondary N) is 1. The van der Waals surface area contributed by atoms with Crippen LogP contribution in [0.15, 0.2) is 0 Å². The van der Waals surface area contributed by atoms with E-state index in [0.29, 0.717) is 5.41 Å². The van der Waals surface area contributed by atoms with Crippen LogP contribution < -0.4 is 5.32 Å². The molecule has 0 saturated heterocycles. The highest BCUT2D eigenvalue weighted by Crippen LogP contribution is 2.21. The number of hydrogen-bond acceptors (Lipinski definition) is 2. The minimum atomic E-state index is 0.414. The maximum absolute atomic E-state index is 3.57. The minimum Gasteiger partial charge on any atom is -0.316 e. The molecule has 0 aliphatic heterocycles. The molecule has 0 radical (unpaired) electrons. The third-order valence-corrected chi connectivity index (χ3v) is 3.80. The molecular weight excluding hydrogens is 208 g/mol. The first-order valence-corrected chi connectivity index (χ1v) is 7.36. The molecule has 2 unspecified atom stereocenters. The molecule has 104 valence electrons. The normalized spacial score (nSPS) is 17.1. The summed E-state index contributed by atoms with van der Waals surface area (Å²) < 4.78 is 0. The van der Waals surface area contributed by atoms with E-state index in [1.165, 1.54) is 32.4 Å². The van der Waals surface area contributed by atoms with Crippen molar-refractivity contribution in [1.29, 1.82) is 0 Å². The summed E-state index contributed by atoms with van der Waals surface area (Å²) in [6.45, 7) is 16.3. The second kappa shape index (κ2) is 8.93. The lowest BCUT2D eigenvalue weighted by molar-refractivity contribution is 0.164. The lowest BCUT2D eigenvalue weighted by Crippen LogP contribution is -2.42. The lowest BCUT2D eigenvalue weighted by atomic mass is 9.86. The molecule has 2 heteroatoms. The van der Waals surface area contributed by atoms with Crippen LogP contribution in [0.1, 0.15) is 53.9 Å². The minimum absolute atomic E-state index is 0.414. The van der Waals surface area contributed by atoms with Crippen molar-refractivity contribution in [2.75, 3.05) is 33.2 Å². The molecule has 0 aromatic heterocycles. The Bertz CT molecular complexity index is 182. The van der Waals surface area contributed by atoms with Gasteiger partial charge in [0, 0.05) is 19.6 Å². The molecule has 2 atom stereocenters. The monoisotopic (exact) mass is 242 g/mol. The largest absolute Gasteiger partial charge is 0.316 e. The average molecular weight is 242 g/mol. The molecule has 0 bridgehead atoms. The summed E-state index contributed by atoms with van der Waals surface area (Å²) in [6, 6.07) is 0. The van der Waals surface area contributed by atoms with Crippen LogP contribution in [0.4, 0.5) is 0 Å². The predicted molar refractivity (Wildman–Crippen MR) is 78.5 cm³/mol. The third-order valence-electron chi connectivity index (χ3n) is 3.80. The van der Waals surface area contributed by atoms with E-state index in [2.05, 4.69) is 51.9 Å². The van der Waals surface area contributed by atoms with Crippen LogP contribution in [0.2, 0.25) is 0 Å². The van der Waals surface area contributed by atoms with Gasteiger partial charge in [0.1, 0.15) is 0 Å². The van der Waals surface area contributed by atoms with Gasteiger partial charge in [0.15, 0.2) is 0 Å². The molecule has 0 aromatic rings. The summed E-state index contributed by atoms with van der Waals surface area (Å²) in [5, 5.41) is 3.57. The maximum Gasteiger partial charge on any atom is 0.00444 e. The summed E-state index contributed by atoms with van der Waals surface area (Å²) in [7, 11) is 2.26. The van der Waals surface area contributed by atoms with Gasteiger partial charge in [0.05, 0.1) is 0 Å². The molecule has 0 saturated carbocycles. The van der Waals surface area contributed by atoms with Gasteiger partial charge < -0.3 is 10.2 Å². The van der Waals surface area contributed by atoms with Gasteiger partial charge >= 0.3 is 0 Å². The Labute approximate surface area is 109 Å². The first-order chi connectivity index (χ1) is 7.97. The highest BCUT2D eigenvalue weighted by atomic mass is 15.1. The van der Waals surface area contributed by atoms with E-state index in [9.17, 15) is 0 Å². The molecule has 0 spiro atoms. The molecule has 1 N–H and O–H groups in total. The van der Waals surface area contributed by atoms with Gasteiger partial charge in [-0.25, -0.2) is 0 Å². The maximum atomic E-state index is 3.57. The Morgan fingerprint density at radius 2 is 1.88 bits per heavy atom. The second-order valence-corrected chi connectivity index (χ2v) is 6.05. The van der Waals surface area contributed by atoms with Crippen LogP contribution in [-0.4, -0.2) is 38.1 Å². The van der Waals surface area contributed by atoms with Crippen molar-refractivity contribution in [3.8, 4) is 0 Å². The Morgan fingerprint density at radius 3 is 2.35 bits per heavy atom. The number of hydrogen-bond donors (Lipinski definition) is 1. The SMILES string of the molecule is CCCNCC(C)(CC)CN(C)CC(C)CC. The molecule has 0 fully saturated rings. The van der Waals surface area contributed by atoms with Crippen molar-refractivity contribution >= 4 is 0 Å². The van der Waals surface area contributed by atoms with E-state index >= 15 is 0 Å². The van der Waals surface area contributed by atoms with Gasteiger partial charge in [0.2, 0.25) is 0 Å². The van der Waals surface area contributed by atoms with Crippen LogP contribution in [-0.2, 0) is 0 Å². The van der Waals surface area contributed by atoms with Crippen molar-refractivity contribution in [3.63, 3.8) is 0 Å². The predicted octanol–water partition coefficient (Wildman–Crippen LogP) is 3.38. The fourth-order valence-electron chi connectivity index (χ4n) is 2.24. The zero-order valence-corrected chi connectivity index (χ0v) is 13.0. The van der Waals surface area contributed by atoms with E-state index in [0.717, 1.165) is 19.0 Å². The Morgan fingerprint density at radius 1 is 1.24 bits per heavy atom. The molecular formula is C15H34N2. The molecule has 17 heavy (non-hydrogen) atoms. The molecule has 0 aliphatic carbocycles.